The van der Waals surface area contributed by atoms with Gasteiger partial charge in [-0.15, -0.1) is 0 Å². The third kappa shape index (κ3) is 3.33. The summed E-state index contributed by atoms with van der Waals surface area (Å²) in [6.45, 7) is 2.44. The third-order valence-corrected chi connectivity index (χ3v) is 7.25. The summed E-state index contributed by atoms with van der Waals surface area (Å²) in [5.74, 6) is 0.749. The molecule has 5 rings (SSSR count). The Kier molecular flexibility index (Phi) is 4.85. The molecule has 1 aromatic heterocycles. The molecule has 28 heavy (non-hydrogen) atoms. The first-order valence-corrected chi connectivity index (χ1v) is 11.1. The van der Waals surface area contributed by atoms with Crippen LogP contribution in [0, 0.1) is 0 Å². The number of carbonyl (C=O) groups excluding carboxylic acids is 1. The fourth-order valence-electron chi connectivity index (χ4n) is 5.09. The number of hydrogen-bond acceptors (Lipinski definition) is 2. The highest BCUT2D eigenvalue weighted by molar-refractivity contribution is 9.10. The van der Waals surface area contributed by atoms with Crippen LogP contribution in [0.25, 0.3) is 10.9 Å². The molecular weight excluding hydrogens is 412 g/mol. The summed E-state index contributed by atoms with van der Waals surface area (Å²) in [5, 5.41) is 1.29. The number of piperidine rings is 1. The van der Waals surface area contributed by atoms with Crippen LogP contribution >= 0.6 is 15.9 Å². The molecule has 2 aromatic carbocycles. The van der Waals surface area contributed by atoms with Crippen molar-refractivity contribution in [1.29, 1.82) is 0 Å². The zero-order valence-corrected chi connectivity index (χ0v) is 17.5. The van der Waals surface area contributed by atoms with Crippen molar-refractivity contribution in [3.05, 3.63) is 69.8 Å². The van der Waals surface area contributed by atoms with Crippen LogP contribution in [0.1, 0.15) is 53.1 Å². The maximum Gasteiger partial charge on any atom is 0.168 e. The van der Waals surface area contributed by atoms with Gasteiger partial charge in [-0.3, -0.25) is 9.69 Å². The lowest BCUT2D eigenvalue weighted by atomic mass is 9.87. The first-order chi connectivity index (χ1) is 13.7. The molecule has 2 fully saturated rings. The third-order valence-electron chi connectivity index (χ3n) is 6.56. The standard InChI is InChI=1S/C24H25BrN2O/c25-22-6-2-1-5-19(22)24(28)13-16-7-10-23-20(12-16)21(14-26-23)17-8-9-18-4-3-11-27(18)15-17/h1-2,5-7,10,12,14,17-18,26H,3-4,8-9,11,13,15H2. The number of nitrogens with one attached hydrogen (secondary N) is 1. The molecule has 4 heteroatoms. The predicted octanol–water partition coefficient (Wildman–Crippen LogP) is 5.70. The van der Waals surface area contributed by atoms with E-state index in [1.54, 1.807) is 0 Å². The number of nitrogens with zero attached hydrogens (tertiary/aromatic N) is 1. The van der Waals surface area contributed by atoms with Crippen LogP contribution in [0.2, 0.25) is 0 Å². The van der Waals surface area contributed by atoms with Crippen molar-refractivity contribution in [2.24, 2.45) is 0 Å². The number of rotatable bonds is 4. The number of carbonyl (C=O) groups is 1. The summed E-state index contributed by atoms with van der Waals surface area (Å²) in [4.78, 5) is 18.9. The van der Waals surface area contributed by atoms with Gasteiger partial charge in [-0.2, -0.15) is 0 Å². The van der Waals surface area contributed by atoms with Crippen molar-refractivity contribution >= 4 is 32.6 Å². The topological polar surface area (TPSA) is 36.1 Å². The van der Waals surface area contributed by atoms with E-state index in [2.05, 4.69) is 50.2 Å². The molecule has 2 atom stereocenters. The quantitative estimate of drug-likeness (QED) is 0.532. The predicted molar refractivity (Wildman–Crippen MR) is 117 cm³/mol. The van der Waals surface area contributed by atoms with Crippen molar-refractivity contribution < 1.29 is 4.79 Å². The molecule has 0 aliphatic carbocycles. The number of H-pyrrole nitrogens is 1. The first-order valence-electron chi connectivity index (χ1n) is 10.3. The molecule has 2 saturated heterocycles. The molecule has 0 amide bonds. The highest BCUT2D eigenvalue weighted by Crippen LogP contribution is 2.37. The van der Waals surface area contributed by atoms with Gasteiger partial charge >= 0.3 is 0 Å². The van der Waals surface area contributed by atoms with Crippen molar-refractivity contribution in [2.75, 3.05) is 13.1 Å². The van der Waals surface area contributed by atoms with Gasteiger partial charge < -0.3 is 4.98 Å². The number of benzene rings is 2. The molecule has 3 heterocycles. The Morgan fingerprint density at radius 2 is 2.04 bits per heavy atom. The van der Waals surface area contributed by atoms with Gasteiger partial charge in [-0.1, -0.05) is 40.2 Å². The molecule has 1 N–H and O–H groups in total. The Morgan fingerprint density at radius 3 is 2.93 bits per heavy atom. The number of fused-ring (bicyclic) bond motifs is 2. The Bertz CT molecular complexity index is 1020. The van der Waals surface area contributed by atoms with Crippen LogP contribution in [0.5, 0.6) is 0 Å². The molecule has 0 radical (unpaired) electrons. The lowest BCUT2D eigenvalue weighted by Crippen LogP contribution is -2.37. The van der Waals surface area contributed by atoms with Crippen LogP contribution < -0.4 is 0 Å². The van der Waals surface area contributed by atoms with E-state index in [9.17, 15) is 4.79 Å². The Morgan fingerprint density at radius 1 is 1.14 bits per heavy atom. The van der Waals surface area contributed by atoms with Gasteiger partial charge in [0.25, 0.3) is 0 Å². The Labute approximate surface area is 174 Å². The highest BCUT2D eigenvalue weighted by Gasteiger charge is 2.32. The van der Waals surface area contributed by atoms with E-state index in [1.165, 1.54) is 55.2 Å². The van der Waals surface area contributed by atoms with Crippen molar-refractivity contribution in [3.63, 3.8) is 0 Å². The molecule has 0 spiro atoms. The summed E-state index contributed by atoms with van der Waals surface area (Å²) >= 11 is 3.50. The van der Waals surface area contributed by atoms with Gasteiger partial charge in [0.15, 0.2) is 5.78 Å². The first kappa shape index (κ1) is 18.1. The second-order valence-electron chi connectivity index (χ2n) is 8.27. The van der Waals surface area contributed by atoms with Crippen LogP contribution in [-0.2, 0) is 6.42 Å². The molecule has 3 aromatic rings. The smallest absolute Gasteiger partial charge is 0.168 e. The summed E-state index contributed by atoms with van der Waals surface area (Å²) in [7, 11) is 0. The van der Waals surface area contributed by atoms with E-state index in [-0.39, 0.29) is 5.78 Å². The van der Waals surface area contributed by atoms with Gasteiger partial charge in [-0.05, 0) is 67.5 Å². The minimum Gasteiger partial charge on any atom is -0.361 e. The van der Waals surface area contributed by atoms with Crippen molar-refractivity contribution in [1.82, 2.24) is 9.88 Å². The number of Topliss-reactive ketones (excluding diaryl/α,β-unsaturated/α-hetero) is 1. The molecule has 0 saturated carbocycles. The molecule has 3 nitrogen and oxygen atoms in total. The largest absolute Gasteiger partial charge is 0.361 e. The number of aromatic amines is 1. The summed E-state index contributed by atoms with van der Waals surface area (Å²) < 4.78 is 0.866. The SMILES string of the molecule is O=C(Cc1ccc2[nH]cc(C3CCC4CCCN4C3)c2c1)c1ccccc1Br. The molecule has 144 valence electrons. The van der Waals surface area contributed by atoms with Gasteiger partial charge in [0, 0.05) is 46.1 Å². The molecule has 2 aliphatic heterocycles. The lowest BCUT2D eigenvalue weighted by molar-refractivity contribution is 0.0992. The second-order valence-corrected chi connectivity index (χ2v) is 9.12. The molecular formula is C24H25BrN2O. The Hall–Kier alpha value is -1.91. The van der Waals surface area contributed by atoms with E-state index in [0.717, 1.165) is 21.6 Å². The highest BCUT2D eigenvalue weighted by atomic mass is 79.9. The minimum atomic E-state index is 0.154. The lowest BCUT2D eigenvalue weighted by Gasteiger charge is -2.35. The number of hydrogen-bond donors (Lipinski definition) is 1. The maximum atomic E-state index is 12.8. The van der Waals surface area contributed by atoms with Gasteiger partial charge in [0.05, 0.1) is 0 Å². The minimum absolute atomic E-state index is 0.154. The average Bonchev–Trinajstić information content (AvgIpc) is 3.34. The Balaban J connectivity index is 1.41. The molecule has 0 bridgehead atoms. The summed E-state index contributed by atoms with van der Waals surface area (Å²) in [5.41, 5.74) is 4.44. The fourth-order valence-corrected chi connectivity index (χ4v) is 5.60. The average molecular weight is 437 g/mol. The molecule has 2 aliphatic rings. The van der Waals surface area contributed by atoms with Crippen LogP contribution in [0.4, 0.5) is 0 Å². The van der Waals surface area contributed by atoms with Gasteiger partial charge in [0.1, 0.15) is 0 Å². The van der Waals surface area contributed by atoms with Crippen molar-refractivity contribution in [3.8, 4) is 0 Å². The second kappa shape index (κ2) is 7.49. The van der Waals surface area contributed by atoms with E-state index < -0.39 is 0 Å². The summed E-state index contributed by atoms with van der Waals surface area (Å²) in [6, 6.07) is 14.9. The maximum absolute atomic E-state index is 12.8. The van der Waals surface area contributed by atoms with Crippen LogP contribution in [0.15, 0.2) is 53.1 Å². The van der Waals surface area contributed by atoms with Crippen LogP contribution in [0.3, 0.4) is 0 Å². The summed E-state index contributed by atoms with van der Waals surface area (Å²) in [6.07, 6.45) is 7.95. The van der Waals surface area contributed by atoms with Gasteiger partial charge in [-0.25, -0.2) is 0 Å². The van der Waals surface area contributed by atoms with E-state index >= 15 is 0 Å². The van der Waals surface area contributed by atoms with E-state index in [1.807, 2.05) is 24.3 Å². The monoisotopic (exact) mass is 436 g/mol. The number of ketones is 1. The number of aromatic nitrogens is 1. The van der Waals surface area contributed by atoms with Crippen molar-refractivity contribution in [2.45, 2.75) is 44.1 Å². The fraction of sp³-hybridized carbons (Fsp3) is 0.375. The normalized spacial score (nSPS) is 22.5. The van der Waals surface area contributed by atoms with E-state index in [0.29, 0.717) is 12.3 Å². The van der Waals surface area contributed by atoms with Gasteiger partial charge in [0.2, 0.25) is 0 Å². The van der Waals surface area contributed by atoms with E-state index in [4.69, 9.17) is 0 Å². The van der Waals surface area contributed by atoms with Crippen LogP contribution in [-0.4, -0.2) is 34.8 Å². The number of halogens is 1. The molecule has 2 unspecified atom stereocenters. The zero-order valence-electron chi connectivity index (χ0n) is 16.0. The zero-order chi connectivity index (χ0) is 19.1.